The number of hydrogen-bond donors (Lipinski definition) is 2. The average Bonchev–Trinajstić information content (AvgIpc) is 2.48. The van der Waals surface area contributed by atoms with Gasteiger partial charge in [-0.3, -0.25) is 4.79 Å². The third kappa shape index (κ3) is 8.23. The van der Waals surface area contributed by atoms with Gasteiger partial charge in [-0.2, -0.15) is 0 Å². The normalized spacial score (nSPS) is 10.6. The van der Waals surface area contributed by atoms with E-state index in [1.807, 2.05) is 6.92 Å². The van der Waals surface area contributed by atoms with E-state index in [-0.39, 0.29) is 48.5 Å². The Hall–Kier alpha value is -1.71. The van der Waals surface area contributed by atoms with Gasteiger partial charge in [-0.25, -0.2) is 13.8 Å². The first-order valence-electron chi connectivity index (χ1n) is 7.10. The Labute approximate surface area is 158 Å². The van der Waals surface area contributed by atoms with Gasteiger partial charge in [-0.1, -0.05) is 12.2 Å². The van der Waals surface area contributed by atoms with Crippen molar-refractivity contribution in [3.8, 4) is 0 Å². The first-order valence-corrected chi connectivity index (χ1v) is 7.10. The third-order valence-corrected chi connectivity index (χ3v) is 2.88. The van der Waals surface area contributed by atoms with Gasteiger partial charge in [0.05, 0.1) is 13.1 Å². The van der Waals surface area contributed by atoms with Gasteiger partial charge < -0.3 is 15.5 Å². The van der Waals surface area contributed by atoms with Crippen LogP contribution < -0.4 is 10.6 Å². The molecule has 8 heteroatoms. The Balaban J connectivity index is 0.00000529. The quantitative estimate of drug-likeness (QED) is 0.302. The Morgan fingerprint density at radius 2 is 1.88 bits per heavy atom. The molecule has 0 aliphatic carbocycles. The molecule has 0 saturated carbocycles. The van der Waals surface area contributed by atoms with Crippen LogP contribution in [0.3, 0.4) is 0 Å². The van der Waals surface area contributed by atoms with E-state index in [0.29, 0.717) is 12.5 Å². The highest BCUT2D eigenvalue weighted by Crippen LogP contribution is 2.10. The zero-order valence-corrected chi connectivity index (χ0v) is 16.4. The Morgan fingerprint density at radius 1 is 1.25 bits per heavy atom. The van der Waals surface area contributed by atoms with Crippen LogP contribution in [0.15, 0.2) is 35.3 Å². The lowest BCUT2D eigenvalue weighted by Gasteiger charge is -2.15. The zero-order valence-electron chi connectivity index (χ0n) is 14.0. The summed E-state index contributed by atoms with van der Waals surface area (Å²) in [7, 11) is 3.29. The number of hydrogen-bond acceptors (Lipinski definition) is 2. The highest BCUT2D eigenvalue weighted by atomic mass is 127. The number of likely N-dealkylation sites (N-methyl/N-ethyl adjacent to an activating group) is 1. The SMILES string of the molecule is C=C(C)CNC(=NCc1cc(F)ccc1F)NCC(=O)N(C)C.I. The minimum atomic E-state index is -0.529. The second-order valence-corrected chi connectivity index (χ2v) is 5.35. The number of amides is 1. The second kappa shape index (κ2) is 11.0. The number of carbonyl (C=O) groups excluding carboxylic acids is 1. The molecule has 134 valence electrons. The molecule has 0 saturated heterocycles. The van der Waals surface area contributed by atoms with Crippen LogP contribution in [0.2, 0.25) is 0 Å². The average molecular weight is 452 g/mol. The molecule has 0 aliphatic heterocycles. The lowest BCUT2D eigenvalue weighted by atomic mass is 10.2. The Morgan fingerprint density at radius 3 is 2.46 bits per heavy atom. The van der Waals surface area contributed by atoms with Crippen molar-refractivity contribution in [3.05, 3.63) is 47.5 Å². The summed E-state index contributed by atoms with van der Waals surface area (Å²) in [5.41, 5.74) is 1.01. The van der Waals surface area contributed by atoms with Crippen molar-refractivity contribution >= 4 is 35.8 Å². The third-order valence-electron chi connectivity index (χ3n) is 2.88. The number of nitrogens with zero attached hydrogens (tertiary/aromatic N) is 2. The number of halogens is 3. The van der Waals surface area contributed by atoms with Crippen molar-refractivity contribution < 1.29 is 13.6 Å². The summed E-state index contributed by atoms with van der Waals surface area (Å²) < 4.78 is 26.8. The molecule has 1 aromatic carbocycles. The monoisotopic (exact) mass is 452 g/mol. The summed E-state index contributed by atoms with van der Waals surface area (Å²) in [5.74, 6) is -0.860. The van der Waals surface area contributed by atoms with Crippen LogP contribution in [0.25, 0.3) is 0 Å². The molecular formula is C16H23F2IN4O. The van der Waals surface area contributed by atoms with E-state index in [1.165, 1.54) is 4.90 Å². The summed E-state index contributed by atoms with van der Waals surface area (Å²) in [6, 6.07) is 3.21. The van der Waals surface area contributed by atoms with Gasteiger partial charge in [0.2, 0.25) is 5.91 Å². The van der Waals surface area contributed by atoms with Gasteiger partial charge in [0.25, 0.3) is 0 Å². The highest BCUT2D eigenvalue weighted by molar-refractivity contribution is 14.0. The van der Waals surface area contributed by atoms with Gasteiger partial charge >= 0.3 is 0 Å². The van der Waals surface area contributed by atoms with E-state index in [4.69, 9.17) is 0 Å². The molecule has 0 fully saturated rings. The van der Waals surface area contributed by atoms with Crippen LogP contribution >= 0.6 is 24.0 Å². The molecule has 0 spiro atoms. The lowest BCUT2D eigenvalue weighted by molar-refractivity contribution is -0.127. The van der Waals surface area contributed by atoms with Crippen LogP contribution in [0, 0.1) is 11.6 Å². The first kappa shape index (κ1) is 22.3. The fraction of sp³-hybridized carbons (Fsp3) is 0.375. The molecule has 0 unspecified atom stereocenters. The molecule has 0 aromatic heterocycles. The zero-order chi connectivity index (χ0) is 17.4. The van der Waals surface area contributed by atoms with E-state index in [2.05, 4.69) is 22.2 Å². The first-order chi connectivity index (χ1) is 10.8. The largest absolute Gasteiger partial charge is 0.353 e. The maximum atomic E-state index is 13.6. The predicted molar refractivity (Wildman–Crippen MR) is 102 cm³/mol. The van der Waals surface area contributed by atoms with E-state index < -0.39 is 11.6 Å². The number of carbonyl (C=O) groups is 1. The van der Waals surface area contributed by atoms with E-state index in [9.17, 15) is 13.6 Å². The molecular weight excluding hydrogens is 429 g/mol. The fourth-order valence-electron chi connectivity index (χ4n) is 1.56. The molecule has 0 aliphatic rings. The van der Waals surface area contributed by atoms with Crippen molar-refractivity contribution in [1.82, 2.24) is 15.5 Å². The molecule has 0 bridgehead atoms. The molecule has 0 radical (unpaired) electrons. The molecule has 0 heterocycles. The standard InChI is InChI=1S/C16H22F2N4O.HI/c1-11(2)8-19-16(21-10-15(23)22(3)4)20-9-12-7-13(17)5-6-14(12)18;/h5-7H,1,8-10H2,2-4H3,(H2,19,20,21);1H. The summed E-state index contributed by atoms with van der Waals surface area (Å²) >= 11 is 0. The number of nitrogens with one attached hydrogen (secondary N) is 2. The number of aliphatic imine (C=N–C) groups is 1. The van der Waals surface area contributed by atoms with Crippen molar-refractivity contribution in [2.75, 3.05) is 27.2 Å². The van der Waals surface area contributed by atoms with Crippen LogP contribution in [0.5, 0.6) is 0 Å². The van der Waals surface area contributed by atoms with Crippen molar-refractivity contribution in [2.45, 2.75) is 13.5 Å². The molecule has 2 N–H and O–H groups in total. The van der Waals surface area contributed by atoms with Gasteiger partial charge in [0, 0.05) is 26.2 Å². The molecule has 5 nitrogen and oxygen atoms in total. The predicted octanol–water partition coefficient (Wildman–Crippen LogP) is 2.28. The summed E-state index contributed by atoms with van der Waals surface area (Å²) in [5, 5.41) is 5.82. The van der Waals surface area contributed by atoms with E-state index in [0.717, 1.165) is 23.8 Å². The van der Waals surface area contributed by atoms with Crippen molar-refractivity contribution in [1.29, 1.82) is 0 Å². The van der Waals surface area contributed by atoms with Crippen LogP contribution in [0.1, 0.15) is 12.5 Å². The maximum Gasteiger partial charge on any atom is 0.241 e. The Kier molecular flexibility index (Phi) is 10.2. The van der Waals surface area contributed by atoms with Crippen LogP contribution in [0.4, 0.5) is 8.78 Å². The lowest BCUT2D eigenvalue weighted by Crippen LogP contribution is -2.43. The molecule has 0 atom stereocenters. The molecule has 1 rings (SSSR count). The number of rotatable bonds is 6. The van der Waals surface area contributed by atoms with E-state index >= 15 is 0 Å². The molecule has 1 aromatic rings. The minimum Gasteiger partial charge on any atom is -0.353 e. The van der Waals surface area contributed by atoms with Crippen LogP contribution in [-0.4, -0.2) is 44.0 Å². The fourth-order valence-corrected chi connectivity index (χ4v) is 1.56. The maximum absolute atomic E-state index is 13.6. The molecule has 24 heavy (non-hydrogen) atoms. The number of benzene rings is 1. The van der Waals surface area contributed by atoms with E-state index in [1.54, 1.807) is 14.1 Å². The minimum absolute atomic E-state index is 0. The number of guanidine groups is 1. The second-order valence-electron chi connectivity index (χ2n) is 5.35. The van der Waals surface area contributed by atoms with Gasteiger partial charge in [0.1, 0.15) is 11.6 Å². The summed E-state index contributed by atoms with van der Waals surface area (Å²) in [6.45, 7) is 6.04. The molecule has 1 amide bonds. The van der Waals surface area contributed by atoms with Gasteiger partial charge in [-0.15, -0.1) is 24.0 Å². The van der Waals surface area contributed by atoms with Gasteiger partial charge in [0.15, 0.2) is 5.96 Å². The van der Waals surface area contributed by atoms with Crippen molar-refractivity contribution in [2.24, 2.45) is 4.99 Å². The van der Waals surface area contributed by atoms with Crippen molar-refractivity contribution in [3.63, 3.8) is 0 Å². The topological polar surface area (TPSA) is 56.7 Å². The Bertz CT molecular complexity index is 606. The summed E-state index contributed by atoms with van der Waals surface area (Å²) in [4.78, 5) is 17.2. The highest BCUT2D eigenvalue weighted by Gasteiger charge is 2.07. The summed E-state index contributed by atoms with van der Waals surface area (Å²) in [6.07, 6.45) is 0. The van der Waals surface area contributed by atoms with Gasteiger partial charge in [-0.05, 0) is 25.1 Å². The van der Waals surface area contributed by atoms with Crippen LogP contribution in [-0.2, 0) is 11.3 Å². The smallest absolute Gasteiger partial charge is 0.241 e.